The van der Waals surface area contributed by atoms with Crippen molar-refractivity contribution in [3.63, 3.8) is 0 Å². The predicted molar refractivity (Wildman–Crippen MR) is 84.3 cm³/mol. The van der Waals surface area contributed by atoms with E-state index >= 15 is 0 Å². The normalized spacial score (nSPS) is 10.8. The molecule has 2 rings (SSSR count). The third-order valence-corrected chi connectivity index (χ3v) is 3.96. The molecule has 106 valence electrons. The molecule has 0 aliphatic rings. The van der Waals surface area contributed by atoms with E-state index in [1.54, 1.807) is 11.3 Å². The molecule has 1 N–H and O–H groups in total. The minimum Gasteiger partial charge on any atom is -0.326 e. The molecule has 0 saturated heterocycles. The van der Waals surface area contributed by atoms with Gasteiger partial charge in [-0.25, -0.2) is 4.98 Å². The maximum absolute atomic E-state index is 11.9. The maximum Gasteiger partial charge on any atom is 0.224 e. The minimum absolute atomic E-state index is 0.0388. The van der Waals surface area contributed by atoms with Gasteiger partial charge in [0.15, 0.2) is 0 Å². The maximum atomic E-state index is 11.9. The first kappa shape index (κ1) is 14.7. The third kappa shape index (κ3) is 4.17. The van der Waals surface area contributed by atoms with Crippen LogP contribution in [0, 0.1) is 6.92 Å². The van der Waals surface area contributed by atoms with Gasteiger partial charge in [0.2, 0.25) is 5.91 Å². The van der Waals surface area contributed by atoms with Gasteiger partial charge < -0.3 is 5.32 Å². The van der Waals surface area contributed by atoms with Crippen LogP contribution in [0.4, 0.5) is 5.69 Å². The molecule has 1 aromatic carbocycles. The summed E-state index contributed by atoms with van der Waals surface area (Å²) in [5.74, 6) is 0.484. The molecule has 1 amide bonds. The molecule has 0 radical (unpaired) electrons. The Morgan fingerprint density at radius 2 is 2.20 bits per heavy atom. The zero-order chi connectivity index (χ0) is 14.5. The number of nitrogens with zero attached hydrogens (tertiary/aromatic N) is 1. The second-order valence-electron chi connectivity index (χ2n) is 5.24. The summed E-state index contributed by atoms with van der Waals surface area (Å²) < 4.78 is 0. The van der Waals surface area contributed by atoms with E-state index in [1.807, 2.05) is 31.2 Å². The highest BCUT2D eigenvalue weighted by Crippen LogP contribution is 2.19. The number of hydrogen-bond acceptors (Lipinski definition) is 3. The zero-order valence-corrected chi connectivity index (χ0v) is 13.0. The van der Waals surface area contributed by atoms with Gasteiger partial charge in [-0.2, -0.15) is 0 Å². The number of carbonyl (C=O) groups is 1. The molecule has 3 nitrogen and oxygen atoms in total. The van der Waals surface area contributed by atoms with E-state index < -0.39 is 0 Å². The van der Waals surface area contributed by atoms with Gasteiger partial charge in [-0.15, -0.1) is 11.3 Å². The Morgan fingerprint density at radius 3 is 2.85 bits per heavy atom. The number of hydrogen-bond donors (Lipinski definition) is 1. The summed E-state index contributed by atoms with van der Waals surface area (Å²) in [7, 11) is 0. The van der Waals surface area contributed by atoms with E-state index in [-0.39, 0.29) is 5.91 Å². The highest BCUT2D eigenvalue weighted by Gasteiger charge is 2.08. The van der Waals surface area contributed by atoms with E-state index in [0.29, 0.717) is 18.8 Å². The molecule has 2 aromatic rings. The minimum atomic E-state index is 0.0388. The number of nitrogens with one attached hydrogen (secondary N) is 1. The van der Waals surface area contributed by atoms with Crippen LogP contribution >= 0.6 is 11.3 Å². The van der Waals surface area contributed by atoms with Crippen LogP contribution in [0.5, 0.6) is 0 Å². The Morgan fingerprint density at radius 1 is 1.40 bits per heavy atom. The summed E-state index contributed by atoms with van der Waals surface area (Å²) in [5.41, 5.74) is 3.12. The first-order valence-corrected chi connectivity index (χ1v) is 7.73. The van der Waals surface area contributed by atoms with Gasteiger partial charge in [-0.05, 0) is 30.5 Å². The van der Waals surface area contributed by atoms with Gasteiger partial charge in [-0.1, -0.05) is 26.0 Å². The van der Waals surface area contributed by atoms with Gasteiger partial charge in [0.25, 0.3) is 0 Å². The molecule has 0 spiro atoms. The fourth-order valence-electron chi connectivity index (χ4n) is 1.87. The van der Waals surface area contributed by atoms with Crippen molar-refractivity contribution in [3.8, 4) is 0 Å². The number of aromatic nitrogens is 1. The molecule has 1 heterocycles. The topological polar surface area (TPSA) is 42.0 Å². The lowest BCUT2D eigenvalue weighted by Gasteiger charge is -2.05. The van der Waals surface area contributed by atoms with Gasteiger partial charge in [-0.3, -0.25) is 4.79 Å². The van der Waals surface area contributed by atoms with Crippen molar-refractivity contribution in [3.05, 3.63) is 45.9 Å². The average molecular weight is 288 g/mol. The van der Waals surface area contributed by atoms with Gasteiger partial charge >= 0.3 is 0 Å². The largest absolute Gasteiger partial charge is 0.326 e. The SMILES string of the molecule is Cc1cccc(NC(=O)CCc2nc(C(C)C)cs2)c1. The van der Waals surface area contributed by atoms with Crippen LogP contribution in [0.1, 0.15) is 42.5 Å². The first-order chi connectivity index (χ1) is 9.54. The molecule has 0 fully saturated rings. The first-order valence-electron chi connectivity index (χ1n) is 6.85. The Hall–Kier alpha value is -1.68. The van der Waals surface area contributed by atoms with E-state index in [0.717, 1.165) is 22.0 Å². The van der Waals surface area contributed by atoms with E-state index in [4.69, 9.17) is 0 Å². The summed E-state index contributed by atoms with van der Waals surface area (Å²) in [6.07, 6.45) is 1.17. The molecule has 0 aliphatic heterocycles. The molecule has 0 aliphatic carbocycles. The van der Waals surface area contributed by atoms with Crippen LogP contribution in [0.25, 0.3) is 0 Å². The summed E-state index contributed by atoms with van der Waals surface area (Å²) >= 11 is 1.64. The highest BCUT2D eigenvalue weighted by molar-refractivity contribution is 7.09. The summed E-state index contributed by atoms with van der Waals surface area (Å²) in [6, 6.07) is 7.84. The van der Waals surface area contributed by atoms with Crippen molar-refractivity contribution in [1.82, 2.24) is 4.98 Å². The van der Waals surface area contributed by atoms with Crippen LogP contribution in [-0.2, 0) is 11.2 Å². The van der Waals surface area contributed by atoms with E-state index in [1.165, 1.54) is 0 Å². The second kappa shape index (κ2) is 6.66. The van der Waals surface area contributed by atoms with Crippen molar-refractivity contribution in [1.29, 1.82) is 0 Å². The number of aryl methyl sites for hydroxylation is 2. The monoisotopic (exact) mass is 288 g/mol. The molecule has 1 aromatic heterocycles. The lowest BCUT2D eigenvalue weighted by molar-refractivity contribution is -0.116. The standard InChI is InChI=1S/C16H20N2OS/c1-11(2)14-10-20-16(18-14)8-7-15(19)17-13-6-4-5-12(3)9-13/h4-6,9-11H,7-8H2,1-3H3,(H,17,19). The van der Waals surface area contributed by atoms with Gasteiger partial charge in [0.1, 0.15) is 0 Å². The van der Waals surface area contributed by atoms with Crippen molar-refractivity contribution >= 4 is 22.9 Å². The second-order valence-corrected chi connectivity index (χ2v) is 6.18. The molecule has 0 saturated carbocycles. The van der Waals surface area contributed by atoms with Crippen LogP contribution in [0.15, 0.2) is 29.6 Å². The summed E-state index contributed by atoms with van der Waals surface area (Å²) in [5, 5.41) is 6.04. The lowest BCUT2D eigenvalue weighted by atomic mass is 10.2. The zero-order valence-electron chi connectivity index (χ0n) is 12.1. The third-order valence-electron chi connectivity index (χ3n) is 3.03. The average Bonchev–Trinajstić information content (AvgIpc) is 2.85. The molecule has 4 heteroatoms. The van der Waals surface area contributed by atoms with Crippen LogP contribution in [0.3, 0.4) is 0 Å². The number of anilines is 1. The number of thiazole rings is 1. The smallest absolute Gasteiger partial charge is 0.224 e. The fraction of sp³-hybridized carbons (Fsp3) is 0.375. The number of benzene rings is 1. The molecule has 0 bridgehead atoms. The Balaban J connectivity index is 1.85. The molecular formula is C16H20N2OS. The van der Waals surface area contributed by atoms with Crippen LogP contribution in [-0.4, -0.2) is 10.9 Å². The van der Waals surface area contributed by atoms with Gasteiger partial charge in [0, 0.05) is 23.9 Å². The fourth-order valence-corrected chi connectivity index (χ4v) is 2.83. The number of amides is 1. The summed E-state index contributed by atoms with van der Waals surface area (Å²) in [6.45, 7) is 6.27. The Labute approximate surface area is 124 Å². The van der Waals surface area contributed by atoms with Crippen molar-refractivity contribution < 1.29 is 4.79 Å². The highest BCUT2D eigenvalue weighted by atomic mass is 32.1. The summed E-state index contributed by atoms with van der Waals surface area (Å²) in [4.78, 5) is 16.4. The molecule has 0 atom stereocenters. The van der Waals surface area contributed by atoms with Gasteiger partial charge in [0.05, 0.1) is 10.7 Å². The lowest BCUT2D eigenvalue weighted by Crippen LogP contribution is -2.12. The quantitative estimate of drug-likeness (QED) is 0.898. The van der Waals surface area contributed by atoms with Crippen LogP contribution < -0.4 is 5.32 Å². The van der Waals surface area contributed by atoms with Crippen LogP contribution in [0.2, 0.25) is 0 Å². The van der Waals surface area contributed by atoms with Crippen molar-refractivity contribution in [2.24, 2.45) is 0 Å². The Kier molecular flexibility index (Phi) is 4.90. The number of carbonyl (C=O) groups excluding carboxylic acids is 1. The molecular weight excluding hydrogens is 268 g/mol. The van der Waals surface area contributed by atoms with E-state index in [2.05, 4.69) is 29.5 Å². The predicted octanol–water partition coefficient (Wildman–Crippen LogP) is 4.15. The van der Waals surface area contributed by atoms with Crippen molar-refractivity contribution in [2.75, 3.05) is 5.32 Å². The molecule has 0 unspecified atom stereocenters. The number of rotatable bonds is 5. The molecule has 20 heavy (non-hydrogen) atoms. The Bertz CT molecular complexity index is 590. The van der Waals surface area contributed by atoms with E-state index in [9.17, 15) is 4.79 Å². The van der Waals surface area contributed by atoms with Crippen molar-refractivity contribution in [2.45, 2.75) is 39.5 Å².